The predicted octanol–water partition coefficient (Wildman–Crippen LogP) is 1.94. The Hall–Kier alpha value is -1.46. The Morgan fingerprint density at radius 1 is 1.30 bits per heavy atom. The van der Waals surface area contributed by atoms with Gasteiger partial charge in [0.05, 0.1) is 18.5 Å². The zero-order chi connectivity index (χ0) is 14.5. The molecule has 2 heterocycles. The topological polar surface area (TPSA) is 53.7 Å². The first-order valence-corrected chi connectivity index (χ1v) is 7.29. The molecule has 0 bridgehead atoms. The van der Waals surface area contributed by atoms with Crippen molar-refractivity contribution in [3.63, 3.8) is 0 Å². The first-order chi connectivity index (χ1) is 9.65. The molecule has 0 unspecified atom stereocenters. The van der Waals surface area contributed by atoms with E-state index in [0.29, 0.717) is 6.54 Å². The molecule has 0 aromatic carbocycles. The van der Waals surface area contributed by atoms with Crippen LogP contribution in [0.25, 0.3) is 5.78 Å². The zero-order valence-corrected chi connectivity index (χ0v) is 12.6. The van der Waals surface area contributed by atoms with Crippen LogP contribution in [0, 0.1) is 13.8 Å². The van der Waals surface area contributed by atoms with Crippen LogP contribution in [0.5, 0.6) is 0 Å². The molecule has 2 rings (SSSR count). The third kappa shape index (κ3) is 3.35. The number of aryl methyl sites for hydroxylation is 2. The molecule has 5 nitrogen and oxygen atoms in total. The molecule has 5 heteroatoms. The minimum atomic E-state index is 0.191. The highest BCUT2D eigenvalue weighted by Gasteiger charge is 2.11. The van der Waals surface area contributed by atoms with E-state index < -0.39 is 0 Å². The molecule has 0 radical (unpaired) electrons. The fourth-order valence-corrected chi connectivity index (χ4v) is 2.53. The summed E-state index contributed by atoms with van der Waals surface area (Å²) in [5.74, 6) is 0.761. The van der Waals surface area contributed by atoms with Crippen LogP contribution in [-0.4, -0.2) is 44.1 Å². The second-order valence-electron chi connectivity index (χ2n) is 5.28. The maximum Gasteiger partial charge on any atom is 0.234 e. The number of fused-ring (bicyclic) bond motifs is 1. The molecule has 0 atom stereocenters. The van der Waals surface area contributed by atoms with Gasteiger partial charge in [0.25, 0.3) is 0 Å². The Balaban J connectivity index is 2.23. The minimum Gasteiger partial charge on any atom is -0.395 e. The molecule has 1 N–H and O–H groups in total. The maximum absolute atomic E-state index is 9.19. The summed E-state index contributed by atoms with van der Waals surface area (Å²) in [6, 6.07) is 2.07. The first kappa shape index (κ1) is 14.9. The normalized spacial score (nSPS) is 11.7. The van der Waals surface area contributed by atoms with Gasteiger partial charge in [-0.25, -0.2) is 9.97 Å². The van der Waals surface area contributed by atoms with Crippen molar-refractivity contribution < 1.29 is 5.11 Å². The quantitative estimate of drug-likeness (QED) is 0.839. The average molecular weight is 276 g/mol. The lowest BCUT2D eigenvalue weighted by Crippen LogP contribution is -2.28. The third-order valence-electron chi connectivity index (χ3n) is 3.49. The van der Waals surface area contributed by atoms with Gasteiger partial charge in [0.15, 0.2) is 0 Å². The molecule has 0 aliphatic rings. The van der Waals surface area contributed by atoms with E-state index in [9.17, 15) is 5.11 Å². The lowest BCUT2D eigenvalue weighted by molar-refractivity contribution is 0.186. The zero-order valence-electron chi connectivity index (χ0n) is 12.6. The first-order valence-electron chi connectivity index (χ1n) is 7.29. The Labute approximate surface area is 120 Å². The van der Waals surface area contributed by atoms with Crippen molar-refractivity contribution in [2.75, 3.05) is 19.7 Å². The summed E-state index contributed by atoms with van der Waals surface area (Å²) < 4.78 is 2.10. The smallest absolute Gasteiger partial charge is 0.234 e. The molecule has 0 spiro atoms. The van der Waals surface area contributed by atoms with Gasteiger partial charge in [0.2, 0.25) is 5.78 Å². The number of aliphatic hydroxyl groups is 1. The van der Waals surface area contributed by atoms with Gasteiger partial charge in [0.1, 0.15) is 0 Å². The maximum atomic E-state index is 9.19. The molecule has 0 saturated carbocycles. The Morgan fingerprint density at radius 2 is 2.10 bits per heavy atom. The molecule has 2 aromatic heterocycles. The SMILES string of the molecule is CCCCN(CCO)Cc1cnc2nc(C)cc(C)n12. The van der Waals surface area contributed by atoms with Gasteiger partial charge in [-0.3, -0.25) is 9.30 Å². The number of hydrogen-bond acceptors (Lipinski definition) is 4. The minimum absolute atomic E-state index is 0.191. The van der Waals surface area contributed by atoms with E-state index in [1.54, 1.807) is 0 Å². The van der Waals surface area contributed by atoms with Crippen LogP contribution >= 0.6 is 0 Å². The van der Waals surface area contributed by atoms with Crippen LogP contribution in [0.15, 0.2) is 12.3 Å². The van der Waals surface area contributed by atoms with Crippen LogP contribution in [0.2, 0.25) is 0 Å². The van der Waals surface area contributed by atoms with E-state index in [1.165, 1.54) is 0 Å². The molecule has 0 aliphatic carbocycles. The van der Waals surface area contributed by atoms with E-state index in [0.717, 1.165) is 48.8 Å². The molecule has 0 aliphatic heterocycles. The summed E-state index contributed by atoms with van der Waals surface area (Å²) in [5.41, 5.74) is 3.28. The summed E-state index contributed by atoms with van der Waals surface area (Å²) in [5, 5.41) is 9.19. The Kier molecular flexibility index (Phi) is 5.09. The van der Waals surface area contributed by atoms with Crippen molar-refractivity contribution >= 4 is 5.78 Å². The standard InChI is InChI=1S/C15H24N4O/c1-4-5-6-18(7-8-20)11-14-10-16-15-17-12(2)9-13(3)19(14)15/h9-10,20H,4-8,11H2,1-3H3. The number of unbranched alkanes of at least 4 members (excludes halogenated alkanes) is 1. The number of aliphatic hydroxyl groups excluding tert-OH is 1. The fraction of sp³-hybridized carbons (Fsp3) is 0.600. The van der Waals surface area contributed by atoms with E-state index in [4.69, 9.17) is 0 Å². The van der Waals surface area contributed by atoms with Gasteiger partial charge in [-0.1, -0.05) is 13.3 Å². The van der Waals surface area contributed by atoms with E-state index in [-0.39, 0.29) is 6.61 Å². The van der Waals surface area contributed by atoms with Gasteiger partial charge < -0.3 is 5.11 Å². The highest BCUT2D eigenvalue weighted by molar-refractivity contribution is 5.35. The largest absolute Gasteiger partial charge is 0.395 e. The van der Waals surface area contributed by atoms with Crippen molar-refractivity contribution in [2.45, 2.75) is 40.2 Å². The molecule has 0 fully saturated rings. The lowest BCUT2D eigenvalue weighted by Gasteiger charge is -2.21. The van der Waals surface area contributed by atoms with Gasteiger partial charge in [-0.15, -0.1) is 0 Å². The highest BCUT2D eigenvalue weighted by atomic mass is 16.3. The number of hydrogen-bond donors (Lipinski definition) is 1. The van der Waals surface area contributed by atoms with Crippen molar-refractivity contribution in [3.8, 4) is 0 Å². The van der Waals surface area contributed by atoms with Gasteiger partial charge in [0, 0.05) is 24.5 Å². The summed E-state index contributed by atoms with van der Waals surface area (Å²) >= 11 is 0. The second kappa shape index (κ2) is 6.81. The van der Waals surface area contributed by atoms with Crippen LogP contribution in [0.4, 0.5) is 0 Å². The van der Waals surface area contributed by atoms with E-state index in [1.807, 2.05) is 13.1 Å². The third-order valence-corrected chi connectivity index (χ3v) is 3.49. The molecule has 0 saturated heterocycles. The van der Waals surface area contributed by atoms with Crippen molar-refractivity contribution in [1.29, 1.82) is 0 Å². The molecule has 20 heavy (non-hydrogen) atoms. The lowest BCUT2D eigenvalue weighted by atomic mass is 10.3. The van der Waals surface area contributed by atoms with Crippen LogP contribution < -0.4 is 0 Å². The second-order valence-corrected chi connectivity index (χ2v) is 5.28. The number of aromatic nitrogens is 3. The van der Waals surface area contributed by atoms with Gasteiger partial charge in [-0.05, 0) is 32.9 Å². The van der Waals surface area contributed by atoms with Crippen LogP contribution in [-0.2, 0) is 6.54 Å². The molecule has 110 valence electrons. The molecular formula is C15H24N4O. The number of rotatable bonds is 7. The van der Waals surface area contributed by atoms with E-state index >= 15 is 0 Å². The number of imidazole rings is 1. The van der Waals surface area contributed by atoms with Gasteiger partial charge >= 0.3 is 0 Å². The van der Waals surface area contributed by atoms with Crippen LogP contribution in [0.3, 0.4) is 0 Å². The molecular weight excluding hydrogens is 252 g/mol. The highest BCUT2D eigenvalue weighted by Crippen LogP contribution is 2.12. The van der Waals surface area contributed by atoms with Crippen molar-refractivity contribution in [1.82, 2.24) is 19.3 Å². The Bertz CT molecular complexity index is 564. The molecule has 0 amide bonds. The summed E-state index contributed by atoms with van der Waals surface area (Å²) in [6.45, 7) is 8.94. The van der Waals surface area contributed by atoms with Crippen molar-refractivity contribution in [3.05, 3.63) is 29.3 Å². The predicted molar refractivity (Wildman–Crippen MR) is 79.7 cm³/mol. The fourth-order valence-electron chi connectivity index (χ4n) is 2.53. The summed E-state index contributed by atoms with van der Waals surface area (Å²) in [7, 11) is 0. The monoisotopic (exact) mass is 276 g/mol. The Morgan fingerprint density at radius 3 is 2.80 bits per heavy atom. The average Bonchev–Trinajstić information content (AvgIpc) is 2.79. The molecule has 2 aromatic rings. The van der Waals surface area contributed by atoms with E-state index in [2.05, 4.69) is 39.2 Å². The summed E-state index contributed by atoms with van der Waals surface area (Å²) in [6.07, 6.45) is 4.20. The van der Waals surface area contributed by atoms with Gasteiger partial charge in [-0.2, -0.15) is 0 Å². The summed E-state index contributed by atoms with van der Waals surface area (Å²) in [4.78, 5) is 11.1. The number of nitrogens with zero attached hydrogens (tertiary/aromatic N) is 4. The van der Waals surface area contributed by atoms with Crippen LogP contribution in [0.1, 0.15) is 36.8 Å². The van der Waals surface area contributed by atoms with Crippen molar-refractivity contribution in [2.24, 2.45) is 0 Å².